The van der Waals surface area contributed by atoms with Crippen molar-refractivity contribution in [1.29, 1.82) is 0 Å². The predicted octanol–water partition coefficient (Wildman–Crippen LogP) is 4.04. The maximum absolute atomic E-state index is 12.2. The highest BCUT2D eigenvalue weighted by Gasteiger charge is 2.17. The van der Waals surface area contributed by atoms with E-state index in [0.717, 1.165) is 22.3 Å². The largest absolute Gasteiger partial charge is 0.465 e. The quantitative estimate of drug-likeness (QED) is 0.818. The normalized spacial score (nSPS) is 10.9. The smallest absolute Gasteiger partial charge is 0.338 e. The molecule has 0 saturated heterocycles. The van der Waals surface area contributed by atoms with E-state index in [0.29, 0.717) is 12.0 Å². The van der Waals surface area contributed by atoms with Gasteiger partial charge < -0.3 is 9.84 Å². The van der Waals surface area contributed by atoms with Crippen molar-refractivity contribution < 1.29 is 14.6 Å². The third kappa shape index (κ3) is 3.64. The van der Waals surface area contributed by atoms with E-state index < -0.39 is 0 Å². The van der Waals surface area contributed by atoms with Crippen LogP contribution in [0.4, 0.5) is 0 Å². The van der Waals surface area contributed by atoms with Crippen molar-refractivity contribution in [3.8, 4) is 11.1 Å². The fraction of sp³-hybridized carbons (Fsp3) is 0.167. The molecule has 0 fully saturated rings. The molecule has 1 N–H and O–H groups in total. The molecular formula is C18H17BrO3. The van der Waals surface area contributed by atoms with E-state index in [9.17, 15) is 9.90 Å². The van der Waals surface area contributed by atoms with Gasteiger partial charge in [-0.25, -0.2) is 4.79 Å². The number of carbonyl (C=O) groups is 1. The number of hydrogen-bond donors (Lipinski definition) is 1. The molecule has 0 radical (unpaired) electrons. The van der Waals surface area contributed by atoms with Gasteiger partial charge in [-0.15, -0.1) is 0 Å². The van der Waals surface area contributed by atoms with Crippen LogP contribution in [0.15, 0.2) is 47.4 Å². The summed E-state index contributed by atoms with van der Waals surface area (Å²) in [5.41, 5.74) is 4.07. The van der Waals surface area contributed by atoms with Gasteiger partial charge in [0.25, 0.3) is 0 Å². The summed E-state index contributed by atoms with van der Waals surface area (Å²) in [4.78, 5) is 14.0. The number of hydrogen-bond acceptors (Lipinski definition) is 3. The molecule has 2 aromatic carbocycles. The van der Waals surface area contributed by atoms with Gasteiger partial charge in [-0.3, -0.25) is 0 Å². The van der Waals surface area contributed by atoms with E-state index in [1.54, 1.807) is 4.99 Å². The zero-order valence-electron chi connectivity index (χ0n) is 12.3. The number of halogens is 1. The van der Waals surface area contributed by atoms with Crippen molar-refractivity contribution >= 4 is 28.0 Å². The topological polar surface area (TPSA) is 46.5 Å². The minimum Gasteiger partial charge on any atom is -0.465 e. The summed E-state index contributed by atoms with van der Waals surface area (Å²) in [5, 5.41) is 9.21. The SMILES string of the molecule is COC(=O)c1c(CCO)cccc1-c1cccc(C=CBr)c1. The number of methoxy groups -OCH3 is 1. The molecule has 2 aromatic rings. The summed E-state index contributed by atoms with van der Waals surface area (Å²) in [6.45, 7) is -0.0141. The summed E-state index contributed by atoms with van der Waals surface area (Å²) >= 11 is 3.27. The Labute approximate surface area is 138 Å². The highest BCUT2D eigenvalue weighted by molar-refractivity contribution is 9.11. The molecular weight excluding hydrogens is 344 g/mol. The molecule has 4 heteroatoms. The lowest BCUT2D eigenvalue weighted by molar-refractivity contribution is 0.0600. The first-order valence-corrected chi connectivity index (χ1v) is 7.81. The lowest BCUT2D eigenvalue weighted by Gasteiger charge is -2.13. The van der Waals surface area contributed by atoms with Gasteiger partial charge in [-0.05, 0) is 45.8 Å². The average Bonchev–Trinajstić information content (AvgIpc) is 2.55. The first-order valence-electron chi connectivity index (χ1n) is 6.89. The third-order valence-corrected chi connectivity index (χ3v) is 3.64. The van der Waals surface area contributed by atoms with Crippen LogP contribution in [0.5, 0.6) is 0 Å². The maximum Gasteiger partial charge on any atom is 0.338 e. The van der Waals surface area contributed by atoms with Crippen LogP contribution in [0.1, 0.15) is 21.5 Å². The van der Waals surface area contributed by atoms with Crippen LogP contribution < -0.4 is 0 Å². The van der Waals surface area contributed by atoms with Crippen molar-refractivity contribution in [3.63, 3.8) is 0 Å². The Morgan fingerprint density at radius 2 is 2.05 bits per heavy atom. The average molecular weight is 361 g/mol. The molecule has 3 nitrogen and oxygen atoms in total. The molecule has 22 heavy (non-hydrogen) atoms. The fourth-order valence-electron chi connectivity index (χ4n) is 2.40. The second kappa shape index (κ2) is 7.92. The van der Waals surface area contributed by atoms with Gasteiger partial charge in [0.05, 0.1) is 12.7 Å². The standard InChI is InChI=1S/C18H17BrO3/c1-22-18(21)17-14(9-11-20)5-3-7-16(17)15-6-2-4-13(12-15)8-10-19/h2-8,10,12,20H,9,11H2,1H3. The van der Waals surface area contributed by atoms with Gasteiger partial charge >= 0.3 is 5.97 Å². The minimum atomic E-state index is -0.388. The number of ether oxygens (including phenoxy) is 1. The Morgan fingerprint density at radius 1 is 1.27 bits per heavy atom. The zero-order valence-corrected chi connectivity index (χ0v) is 13.8. The van der Waals surface area contributed by atoms with Gasteiger partial charge in [0, 0.05) is 6.61 Å². The molecule has 0 bridgehead atoms. The van der Waals surface area contributed by atoms with Crippen molar-refractivity contribution in [2.75, 3.05) is 13.7 Å². The van der Waals surface area contributed by atoms with E-state index in [-0.39, 0.29) is 12.6 Å². The second-order valence-corrected chi connectivity index (χ2v) is 5.25. The van der Waals surface area contributed by atoms with E-state index in [2.05, 4.69) is 15.9 Å². The van der Waals surface area contributed by atoms with Crippen LogP contribution in [0.3, 0.4) is 0 Å². The Kier molecular flexibility index (Phi) is 5.92. The molecule has 2 rings (SSSR count). The Hall–Kier alpha value is -1.91. The van der Waals surface area contributed by atoms with Crippen LogP contribution >= 0.6 is 15.9 Å². The van der Waals surface area contributed by atoms with Gasteiger partial charge in [-0.1, -0.05) is 52.3 Å². The lowest BCUT2D eigenvalue weighted by atomic mass is 9.93. The molecule has 0 spiro atoms. The van der Waals surface area contributed by atoms with Crippen LogP contribution in [0, 0.1) is 0 Å². The lowest BCUT2D eigenvalue weighted by Crippen LogP contribution is -2.09. The number of benzene rings is 2. The van der Waals surface area contributed by atoms with E-state index >= 15 is 0 Å². The minimum absolute atomic E-state index is 0.0141. The van der Waals surface area contributed by atoms with Crippen molar-refractivity contribution in [2.45, 2.75) is 6.42 Å². The zero-order chi connectivity index (χ0) is 15.9. The molecule has 114 valence electrons. The number of aliphatic hydroxyl groups is 1. The molecule has 0 saturated carbocycles. The monoisotopic (exact) mass is 360 g/mol. The molecule has 0 amide bonds. The second-order valence-electron chi connectivity index (χ2n) is 4.72. The van der Waals surface area contributed by atoms with Crippen molar-refractivity contribution in [2.24, 2.45) is 0 Å². The first-order chi connectivity index (χ1) is 10.7. The summed E-state index contributed by atoms with van der Waals surface area (Å²) in [6.07, 6.45) is 2.35. The highest BCUT2D eigenvalue weighted by Crippen LogP contribution is 2.28. The Balaban J connectivity index is 2.61. The first kappa shape index (κ1) is 16.5. The number of esters is 1. The molecule has 0 unspecified atom stereocenters. The fourth-order valence-corrected chi connectivity index (χ4v) is 2.70. The summed E-state index contributed by atoms with van der Waals surface area (Å²) in [5.74, 6) is -0.388. The van der Waals surface area contributed by atoms with E-state index in [1.165, 1.54) is 7.11 Å². The summed E-state index contributed by atoms with van der Waals surface area (Å²) in [6, 6.07) is 13.5. The molecule has 0 heterocycles. The maximum atomic E-state index is 12.2. The van der Waals surface area contributed by atoms with Crippen LogP contribution in [-0.2, 0) is 11.2 Å². The molecule has 0 aliphatic carbocycles. The summed E-state index contributed by atoms with van der Waals surface area (Å²) < 4.78 is 4.92. The predicted molar refractivity (Wildman–Crippen MR) is 92.0 cm³/mol. The van der Waals surface area contributed by atoms with Gasteiger partial charge in [-0.2, -0.15) is 0 Å². The summed E-state index contributed by atoms with van der Waals surface area (Å²) in [7, 11) is 1.37. The molecule has 0 aliphatic heterocycles. The van der Waals surface area contributed by atoms with Crippen LogP contribution in [0.2, 0.25) is 0 Å². The van der Waals surface area contributed by atoms with Gasteiger partial charge in [0.2, 0.25) is 0 Å². The van der Waals surface area contributed by atoms with Crippen molar-refractivity contribution in [3.05, 3.63) is 64.1 Å². The Bertz CT molecular complexity index is 692. The number of carbonyl (C=O) groups excluding carboxylic acids is 1. The highest BCUT2D eigenvalue weighted by atomic mass is 79.9. The van der Waals surface area contributed by atoms with Crippen LogP contribution in [-0.4, -0.2) is 24.8 Å². The molecule has 0 atom stereocenters. The van der Waals surface area contributed by atoms with E-state index in [1.807, 2.05) is 48.5 Å². The number of rotatable bonds is 5. The van der Waals surface area contributed by atoms with E-state index in [4.69, 9.17) is 4.74 Å². The van der Waals surface area contributed by atoms with Crippen LogP contribution in [0.25, 0.3) is 17.2 Å². The number of aliphatic hydroxyl groups excluding tert-OH is 1. The van der Waals surface area contributed by atoms with Gasteiger partial charge in [0.15, 0.2) is 0 Å². The van der Waals surface area contributed by atoms with Crippen molar-refractivity contribution in [1.82, 2.24) is 0 Å². The van der Waals surface area contributed by atoms with Gasteiger partial charge in [0.1, 0.15) is 0 Å². The molecule has 0 aromatic heterocycles. The Morgan fingerprint density at radius 3 is 2.73 bits per heavy atom. The molecule has 0 aliphatic rings. The third-order valence-electron chi connectivity index (χ3n) is 3.37.